The summed E-state index contributed by atoms with van der Waals surface area (Å²) in [5.41, 5.74) is -0.508. The fourth-order valence-electron chi connectivity index (χ4n) is 6.62. The lowest BCUT2D eigenvalue weighted by Crippen LogP contribution is -2.50. The molecule has 1 unspecified atom stereocenters. The number of alkyl halides is 5. The zero-order valence-corrected chi connectivity index (χ0v) is 24.1. The third kappa shape index (κ3) is 6.55. The molecule has 1 saturated heterocycles. The minimum Gasteiger partial charge on any atom is -0.496 e. The molecule has 1 aliphatic heterocycles. The number of nitrogens with one attached hydrogen (secondary N) is 1. The standard InChI is InChI=1S/C31H37F5N2O4/c1-29(2,3)23-24(37-17-20-12-13-21(31(34,35)36)15-22(20)42-4)25(18-9-6-5-7-10-18)38(26(23)28(40)41)27(39)19-11-8-14-30(32,33)16-19/h5-7,9-10,12-13,15,19,23-26,37H,8,11,14,16-17H2,1-4H3,(H,40,41)/t19?,23-,24-,25-,26-/m0/s1. The van der Waals surface area contributed by atoms with E-state index in [9.17, 15) is 36.6 Å². The van der Waals surface area contributed by atoms with Gasteiger partial charge in [-0.3, -0.25) is 4.79 Å². The van der Waals surface area contributed by atoms with Crippen LogP contribution in [0.1, 0.15) is 69.2 Å². The third-order valence-corrected chi connectivity index (χ3v) is 8.45. The minimum absolute atomic E-state index is 0.00560. The van der Waals surface area contributed by atoms with E-state index >= 15 is 0 Å². The van der Waals surface area contributed by atoms with E-state index in [1.165, 1.54) is 18.1 Å². The summed E-state index contributed by atoms with van der Waals surface area (Å²) >= 11 is 0. The Labute approximate surface area is 242 Å². The maximum absolute atomic E-state index is 14.4. The highest BCUT2D eigenvalue weighted by Gasteiger charge is 2.59. The Morgan fingerprint density at radius 1 is 1.10 bits per heavy atom. The summed E-state index contributed by atoms with van der Waals surface area (Å²) in [6.45, 7) is 5.57. The number of carboxylic acid groups (broad SMARTS) is 1. The van der Waals surface area contributed by atoms with Crippen LogP contribution < -0.4 is 10.1 Å². The van der Waals surface area contributed by atoms with Crippen molar-refractivity contribution in [2.24, 2.45) is 17.3 Å². The van der Waals surface area contributed by atoms with Crippen molar-refractivity contribution < 1.29 is 41.4 Å². The number of ether oxygens (including phenoxy) is 1. The smallest absolute Gasteiger partial charge is 0.416 e. The Morgan fingerprint density at radius 2 is 1.76 bits per heavy atom. The molecule has 4 rings (SSSR count). The number of hydrogen-bond donors (Lipinski definition) is 2. The molecule has 2 aromatic rings. The molecule has 0 radical (unpaired) electrons. The van der Waals surface area contributed by atoms with Crippen LogP contribution in [0.5, 0.6) is 5.75 Å². The lowest BCUT2D eigenvalue weighted by molar-refractivity contribution is -0.157. The van der Waals surface area contributed by atoms with Crippen molar-refractivity contribution in [3.63, 3.8) is 0 Å². The van der Waals surface area contributed by atoms with E-state index in [-0.39, 0.29) is 31.6 Å². The van der Waals surface area contributed by atoms with Gasteiger partial charge in [0.25, 0.3) is 0 Å². The molecular formula is C31H37F5N2O4. The second-order valence-corrected chi connectivity index (χ2v) is 12.4. The Kier molecular flexibility index (Phi) is 8.92. The molecule has 6 nitrogen and oxygen atoms in total. The van der Waals surface area contributed by atoms with E-state index in [0.29, 0.717) is 11.1 Å². The second kappa shape index (κ2) is 11.8. The number of nitrogens with zero attached hydrogens (tertiary/aromatic N) is 1. The molecule has 2 fully saturated rings. The molecular weight excluding hydrogens is 559 g/mol. The molecule has 11 heteroatoms. The number of halogens is 5. The van der Waals surface area contributed by atoms with Gasteiger partial charge in [0.1, 0.15) is 11.8 Å². The largest absolute Gasteiger partial charge is 0.496 e. The monoisotopic (exact) mass is 596 g/mol. The van der Waals surface area contributed by atoms with E-state index in [0.717, 1.165) is 12.1 Å². The first kappa shape index (κ1) is 31.7. The molecule has 1 amide bonds. The van der Waals surface area contributed by atoms with E-state index < -0.39 is 71.3 Å². The van der Waals surface area contributed by atoms with Gasteiger partial charge in [0.05, 0.1) is 18.7 Å². The Bertz CT molecular complexity index is 1280. The molecule has 1 heterocycles. The zero-order chi connectivity index (χ0) is 31.0. The number of carbonyl (C=O) groups is 2. The Morgan fingerprint density at radius 3 is 2.31 bits per heavy atom. The quantitative estimate of drug-likeness (QED) is 0.348. The maximum Gasteiger partial charge on any atom is 0.416 e. The van der Waals surface area contributed by atoms with Crippen LogP contribution in [0.2, 0.25) is 0 Å². The first-order valence-electron chi connectivity index (χ1n) is 14.0. The van der Waals surface area contributed by atoms with Crippen molar-refractivity contribution in [3.8, 4) is 5.75 Å². The molecule has 5 atom stereocenters. The molecule has 2 N–H and O–H groups in total. The Hall–Kier alpha value is -3.21. The lowest BCUT2D eigenvalue weighted by Gasteiger charge is -2.37. The predicted molar refractivity (Wildman–Crippen MR) is 146 cm³/mol. The van der Waals surface area contributed by atoms with Crippen molar-refractivity contribution in [2.45, 2.75) is 83.2 Å². The number of aliphatic carboxylic acids is 1. The minimum atomic E-state index is -4.56. The van der Waals surface area contributed by atoms with Crippen LogP contribution in [-0.4, -0.2) is 47.0 Å². The molecule has 1 saturated carbocycles. The van der Waals surface area contributed by atoms with Crippen molar-refractivity contribution in [1.29, 1.82) is 0 Å². The molecule has 0 spiro atoms. The van der Waals surface area contributed by atoms with Crippen LogP contribution in [0.15, 0.2) is 48.5 Å². The van der Waals surface area contributed by atoms with Crippen LogP contribution in [0, 0.1) is 17.3 Å². The average molecular weight is 597 g/mol. The number of benzene rings is 2. The van der Waals surface area contributed by atoms with Crippen LogP contribution in [0.4, 0.5) is 22.0 Å². The van der Waals surface area contributed by atoms with Gasteiger partial charge in [-0.05, 0) is 36.0 Å². The second-order valence-electron chi connectivity index (χ2n) is 12.4. The van der Waals surface area contributed by atoms with E-state index in [1.807, 2.05) is 20.8 Å². The van der Waals surface area contributed by atoms with Crippen LogP contribution in [-0.2, 0) is 22.3 Å². The van der Waals surface area contributed by atoms with Crippen LogP contribution in [0.25, 0.3) is 0 Å². The van der Waals surface area contributed by atoms with Crippen molar-refractivity contribution in [3.05, 3.63) is 65.2 Å². The number of carboxylic acids is 1. The first-order valence-corrected chi connectivity index (χ1v) is 14.0. The zero-order valence-electron chi connectivity index (χ0n) is 24.1. The van der Waals surface area contributed by atoms with Gasteiger partial charge in [0.15, 0.2) is 0 Å². The highest BCUT2D eigenvalue weighted by molar-refractivity contribution is 5.87. The number of likely N-dealkylation sites (tertiary alicyclic amines) is 1. The summed E-state index contributed by atoms with van der Waals surface area (Å²) in [6, 6.07) is 9.11. The molecule has 0 bridgehead atoms. The number of rotatable bonds is 7. The maximum atomic E-state index is 14.4. The van der Waals surface area contributed by atoms with Gasteiger partial charge in [0.2, 0.25) is 11.8 Å². The molecule has 2 aliphatic rings. The summed E-state index contributed by atoms with van der Waals surface area (Å²) in [7, 11) is 1.26. The van der Waals surface area contributed by atoms with E-state index in [1.54, 1.807) is 30.3 Å². The molecule has 230 valence electrons. The summed E-state index contributed by atoms with van der Waals surface area (Å²) in [5, 5.41) is 13.9. The normalized spacial score (nSPS) is 26.2. The highest BCUT2D eigenvalue weighted by Crippen LogP contribution is 2.50. The average Bonchev–Trinajstić information content (AvgIpc) is 3.26. The summed E-state index contributed by atoms with van der Waals surface area (Å²) in [4.78, 5) is 28.3. The number of methoxy groups -OCH3 is 1. The van der Waals surface area contributed by atoms with Gasteiger partial charge in [-0.2, -0.15) is 13.2 Å². The van der Waals surface area contributed by atoms with E-state index in [2.05, 4.69) is 5.32 Å². The van der Waals surface area contributed by atoms with Crippen molar-refractivity contribution in [2.75, 3.05) is 7.11 Å². The number of amides is 1. The number of carbonyl (C=O) groups excluding carboxylic acids is 1. The first-order chi connectivity index (χ1) is 19.5. The van der Waals surface area contributed by atoms with Crippen molar-refractivity contribution in [1.82, 2.24) is 10.2 Å². The summed E-state index contributed by atoms with van der Waals surface area (Å²) in [6.07, 6.45) is -5.13. The third-order valence-electron chi connectivity index (χ3n) is 8.45. The van der Waals surface area contributed by atoms with Gasteiger partial charge >= 0.3 is 12.1 Å². The van der Waals surface area contributed by atoms with Crippen LogP contribution in [0.3, 0.4) is 0 Å². The van der Waals surface area contributed by atoms with Gasteiger partial charge in [0, 0.05) is 42.8 Å². The van der Waals surface area contributed by atoms with Gasteiger partial charge < -0.3 is 20.1 Å². The Balaban J connectivity index is 1.79. The molecule has 0 aromatic heterocycles. The topological polar surface area (TPSA) is 78.9 Å². The van der Waals surface area contributed by atoms with Gasteiger partial charge in [-0.25, -0.2) is 13.6 Å². The lowest BCUT2D eigenvalue weighted by atomic mass is 9.72. The molecule has 42 heavy (non-hydrogen) atoms. The SMILES string of the molecule is COc1cc(C(F)(F)F)ccc1CN[C@H]1[C@H](C(C)(C)C)[C@@H](C(=O)O)N(C(=O)C2CCCC(F)(F)C2)[C@H]1c1ccccc1. The fraction of sp³-hybridized carbons (Fsp3) is 0.548. The molecule has 2 aromatic carbocycles. The highest BCUT2D eigenvalue weighted by atomic mass is 19.4. The predicted octanol–water partition coefficient (Wildman–Crippen LogP) is 6.70. The summed E-state index contributed by atoms with van der Waals surface area (Å²) in [5.74, 6) is -6.60. The summed E-state index contributed by atoms with van der Waals surface area (Å²) < 4.78 is 74.0. The fourth-order valence-corrected chi connectivity index (χ4v) is 6.62. The van der Waals surface area contributed by atoms with E-state index in [4.69, 9.17) is 4.74 Å². The van der Waals surface area contributed by atoms with Crippen LogP contribution >= 0.6 is 0 Å². The molecule has 1 aliphatic carbocycles. The number of hydrogen-bond acceptors (Lipinski definition) is 4. The van der Waals surface area contributed by atoms with Gasteiger partial charge in [-0.15, -0.1) is 0 Å². The van der Waals surface area contributed by atoms with Crippen molar-refractivity contribution >= 4 is 11.9 Å². The van der Waals surface area contributed by atoms with Gasteiger partial charge in [-0.1, -0.05) is 57.2 Å².